The van der Waals surface area contributed by atoms with Gasteiger partial charge in [0.05, 0.1) is 5.69 Å². The van der Waals surface area contributed by atoms with E-state index < -0.39 is 0 Å². The first-order valence-electron chi connectivity index (χ1n) is 9.09. The zero-order valence-corrected chi connectivity index (χ0v) is 14.3. The van der Waals surface area contributed by atoms with Crippen molar-refractivity contribution in [3.63, 3.8) is 0 Å². The Labute approximate surface area is 142 Å². The Kier molecular flexibility index (Phi) is 4.23. The molecule has 0 saturated carbocycles. The number of hydrogen-bond acceptors (Lipinski definition) is 3. The minimum atomic E-state index is 0.0780. The number of aryl methyl sites for hydroxylation is 2. The summed E-state index contributed by atoms with van der Waals surface area (Å²) in [5.74, 6) is 0.743. The van der Waals surface area contributed by atoms with E-state index in [1.807, 2.05) is 6.92 Å². The quantitative estimate of drug-likeness (QED) is 0.941. The normalized spacial score (nSPS) is 23.0. The Morgan fingerprint density at radius 1 is 1.17 bits per heavy atom. The maximum absolute atomic E-state index is 12.3. The summed E-state index contributed by atoms with van der Waals surface area (Å²) in [6, 6.07) is 11.8. The van der Waals surface area contributed by atoms with Crippen LogP contribution in [-0.2, 0) is 19.3 Å². The van der Waals surface area contributed by atoms with Gasteiger partial charge in [0.15, 0.2) is 0 Å². The van der Waals surface area contributed by atoms with E-state index in [0.717, 1.165) is 42.9 Å². The van der Waals surface area contributed by atoms with Gasteiger partial charge in [-0.3, -0.25) is 9.69 Å². The molecular weight excluding hydrogens is 298 g/mol. The third kappa shape index (κ3) is 3.03. The largest absolute Gasteiger partial charge is 0.311 e. The molecule has 2 aliphatic heterocycles. The second-order valence-corrected chi connectivity index (χ2v) is 7.20. The van der Waals surface area contributed by atoms with Crippen molar-refractivity contribution < 1.29 is 0 Å². The van der Waals surface area contributed by atoms with Gasteiger partial charge in [-0.1, -0.05) is 30.3 Å². The number of benzene rings is 1. The Hall–Kier alpha value is -1.94. The van der Waals surface area contributed by atoms with Crippen molar-refractivity contribution in [1.29, 1.82) is 0 Å². The van der Waals surface area contributed by atoms with E-state index in [1.54, 1.807) is 0 Å². The molecule has 0 spiro atoms. The van der Waals surface area contributed by atoms with Gasteiger partial charge in [-0.05, 0) is 51.1 Å². The lowest BCUT2D eigenvalue weighted by Crippen LogP contribution is -2.37. The molecule has 3 heterocycles. The lowest BCUT2D eigenvalue weighted by atomic mass is 9.98. The van der Waals surface area contributed by atoms with E-state index in [1.165, 1.54) is 24.8 Å². The summed E-state index contributed by atoms with van der Waals surface area (Å²) >= 11 is 0. The summed E-state index contributed by atoms with van der Waals surface area (Å²) < 4.78 is 0. The smallest absolute Gasteiger partial charge is 0.254 e. The molecule has 24 heavy (non-hydrogen) atoms. The number of nitrogens with one attached hydrogen (secondary N) is 1. The number of nitrogens with zero attached hydrogens (tertiary/aromatic N) is 2. The highest BCUT2D eigenvalue weighted by Crippen LogP contribution is 2.32. The van der Waals surface area contributed by atoms with Crippen LogP contribution >= 0.6 is 0 Å². The zero-order valence-electron chi connectivity index (χ0n) is 14.3. The van der Waals surface area contributed by atoms with Gasteiger partial charge in [-0.15, -0.1) is 0 Å². The van der Waals surface area contributed by atoms with Crippen LogP contribution < -0.4 is 5.56 Å². The van der Waals surface area contributed by atoms with Crippen LogP contribution in [0.25, 0.3) is 0 Å². The van der Waals surface area contributed by atoms with E-state index in [4.69, 9.17) is 0 Å². The van der Waals surface area contributed by atoms with Gasteiger partial charge in [0, 0.05) is 24.1 Å². The van der Waals surface area contributed by atoms with Crippen molar-refractivity contribution in [2.45, 2.75) is 57.5 Å². The summed E-state index contributed by atoms with van der Waals surface area (Å²) in [6.07, 6.45) is 6.55. The van der Waals surface area contributed by atoms with Crippen LogP contribution in [0.5, 0.6) is 0 Å². The average Bonchev–Trinajstić information content (AvgIpc) is 2.84. The molecule has 2 atom stereocenters. The Morgan fingerprint density at radius 3 is 2.71 bits per heavy atom. The van der Waals surface area contributed by atoms with Crippen molar-refractivity contribution in [3.8, 4) is 0 Å². The molecule has 1 saturated heterocycles. The van der Waals surface area contributed by atoms with Gasteiger partial charge < -0.3 is 4.98 Å². The highest BCUT2D eigenvalue weighted by atomic mass is 16.1. The standard InChI is InChI=1S/C20H25N3O/c1-14-21-19-13-17-10-9-16(12-18(19)20(24)22-14)23(17)11-5-8-15-6-3-2-4-7-15/h2-4,6-7,16-17H,5,8-13H2,1H3,(H,21,22,24)/t16-,17+/m1/s1. The number of H-pyrrole nitrogens is 1. The van der Waals surface area contributed by atoms with Crippen LogP contribution in [0.1, 0.15) is 41.9 Å². The predicted molar refractivity (Wildman–Crippen MR) is 95.3 cm³/mol. The van der Waals surface area contributed by atoms with Gasteiger partial charge in [-0.25, -0.2) is 4.98 Å². The maximum Gasteiger partial charge on any atom is 0.254 e. The molecule has 0 aliphatic carbocycles. The van der Waals surface area contributed by atoms with Crippen LogP contribution in [0.15, 0.2) is 35.1 Å². The third-order valence-electron chi connectivity index (χ3n) is 5.58. The van der Waals surface area contributed by atoms with Crippen LogP contribution in [0.4, 0.5) is 0 Å². The van der Waals surface area contributed by atoms with Crippen molar-refractivity contribution >= 4 is 0 Å². The molecule has 4 heteroatoms. The van der Waals surface area contributed by atoms with Gasteiger partial charge >= 0.3 is 0 Å². The second-order valence-electron chi connectivity index (χ2n) is 7.20. The van der Waals surface area contributed by atoms with Crippen molar-refractivity contribution in [2.24, 2.45) is 0 Å². The maximum atomic E-state index is 12.3. The fourth-order valence-electron chi connectivity index (χ4n) is 4.44. The predicted octanol–water partition coefficient (Wildman–Crippen LogP) is 2.64. The first kappa shape index (κ1) is 15.6. The van der Waals surface area contributed by atoms with Crippen molar-refractivity contribution in [1.82, 2.24) is 14.9 Å². The minimum Gasteiger partial charge on any atom is -0.311 e. The van der Waals surface area contributed by atoms with Crippen molar-refractivity contribution in [2.75, 3.05) is 6.54 Å². The number of fused-ring (bicyclic) bond motifs is 3. The summed E-state index contributed by atoms with van der Waals surface area (Å²) in [6.45, 7) is 3.00. The van der Waals surface area contributed by atoms with Gasteiger partial charge in [-0.2, -0.15) is 0 Å². The van der Waals surface area contributed by atoms with E-state index in [-0.39, 0.29) is 5.56 Å². The molecule has 2 aromatic rings. The first-order chi connectivity index (χ1) is 11.7. The SMILES string of the molecule is Cc1nc2c(c(=O)[nH]1)C[C@H]1CC[C@@H](C2)N1CCCc1ccccc1. The highest BCUT2D eigenvalue weighted by molar-refractivity contribution is 5.24. The number of rotatable bonds is 4. The Morgan fingerprint density at radius 2 is 1.92 bits per heavy atom. The number of aromatic amines is 1. The van der Waals surface area contributed by atoms with Crippen molar-refractivity contribution in [3.05, 3.63) is 63.3 Å². The van der Waals surface area contributed by atoms with E-state index >= 15 is 0 Å². The second kappa shape index (κ2) is 6.52. The molecule has 1 fully saturated rings. The van der Waals surface area contributed by atoms with E-state index in [2.05, 4.69) is 45.2 Å². The molecule has 1 aromatic heterocycles. The Bertz CT molecular complexity index is 768. The molecule has 2 aliphatic rings. The summed E-state index contributed by atoms with van der Waals surface area (Å²) in [5.41, 5.74) is 3.46. The molecule has 0 unspecified atom stereocenters. The lowest BCUT2D eigenvalue weighted by molar-refractivity contribution is 0.194. The minimum absolute atomic E-state index is 0.0780. The van der Waals surface area contributed by atoms with Gasteiger partial charge in [0.25, 0.3) is 5.56 Å². The fourth-order valence-corrected chi connectivity index (χ4v) is 4.44. The topological polar surface area (TPSA) is 49.0 Å². The molecule has 1 aromatic carbocycles. The third-order valence-corrected chi connectivity index (χ3v) is 5.58. The summed E-state index contributed by atoms with van der Waals surface area (Å²) in [5, 5.41) is 0. The first-order valence-corrected chi connectivity index (χ1v) is 9.09. The number of hydrogen-bond donors (Lipinski definition) is 1. The lowest BCUT2D eigenvalue weighted by Gasteiger charge is -2.27. The monoisotopic (exact) mass is 323 g/mol. The van der Waals surface area contributed by atoms with Crippen LogP contribution in [0.3, 0.4) is 0 Å². The van der Waals surface area contributed by atoms with Gasteiger partial charge in [0.1, 0.15) is 5.82 Å². The Balaban J connectivity index is 1.47. The molecule has 1 N–H and O–H groups in total. The summed E-state index contributed by atoms with van der Waals surface area (Å²) in [4.78, 5) is 22.5. The molecule has 2 bridgehead atoms. The zero-order chi connectivity index (χ0) is 16.5. The fraction of sp³-hybridized carbons (Fsp3) is 0.500. The molecule has 4 nitrogen and oxygen atoms in total. The van der Waals surface area contributed by atoms with Gasteiger partial charge in [0.2, 0.25) is 0 Å². The molecule has 126 valence electrons. The number of aromatic nitrogens is 2. The summed E-state index contributed by atoms with van der Waals surface area (Å²) in [7, 11) is 0. The molecule has 0 amide bonds. The highest BCUT2D eigenvalue weighted by Gasteiger charge is 2.37. The van der Waals surface area contributed by atoms with Crippen LogP contribution in [0.2, 0.25) is 0 Å². The van der Waals surface area contributed by atoms with E-state index in [9.17, 15) is 4.79 Å². The van der Waals surface area contributed by atoms with Crippen LogP contribution in [-0.4, -0.2) is 33.5 Å². The average molecular weight is 323 g/mol. The molecule has 0 radical (unpaired) electrons. The van der Waals surface area contributed by atoms with E-state index in [0.29, 0.717) is 12.1 Å². The molecular formula is C20H25N3O. The molecule has 4 rings (SSSR count). The van der Waals surface area contributed by atoms with Crippen LogP contribution in [0, 0.1) is 6.92 Å².